The van der Waals surface area contributed by atoms with E-state index in [1.165, 1.54) is 12.3 Å². The topological polar surface area (TPSA) is 72.2 Å². The maximum Gasteiger partial charge on any atom is 0.192 e. The minimum Gasteiger partial charge on any atom is -0.467 e. The maximum absolute atomic E-state index is 11.3. The predicted octanol–water partition coefficient (Wildman–Crippen LogP) is 2.25. The summed E-state index contributed by atoms with van der Waals surface area (Å²) in [6.45, 7) is 1.95. The molecule has 2 heterocycles. The summed E-state index contributed by atoms with van der Waals surface area (Å²) in [5.41, 5.74) is 0.742. The Balaban J connectivity index is 2.12. The van der Waals surface area contributed by atoms with Crippen molar-refractivity contribution in [1.82, 2.24) is 4.98 Å². The van der Waals surface area contributed by atoms with Gasteiger partial charge in [0.2, 0.25) is 0 Å². The predicted molar refractivity (Wildman–Crippen MR) is 68.1 cm³/mol. The van der Waals surface area contributed by atoms with Crippen molar-refractivity contribution in [3.63, 3.8) is 0 Å². The van der Waals surface area contributed by atoms with Crippen molar-refractivity contribution in [3.8, 4) is 0 Å². The number of rotatable bonds is 4. The number of pyridine rings is 1. The minimum absolute atomic E-state index is 0.00844. The molecule has 0 spiro atoms. The molecule has 6 heteroatoms. The van der Waals surface area contributed by atoms with E-state index < -0.39 is 9.84 Å². The fourth-order valence-electron chi connectivity index (χ4n) is 1.54. The normalized spacial score (nSPS) is 13.2. The van der Waals surface area contributed by atoms with Crippen LogP contribution in [-0.2, 0) is 9.84 Å². The third kappa shape index (κ3) is 2.89. The van der Waals surface area contributed by atoms with E-state index in [-0.39, 0.29) is 11.1 Å². The van der Waals surface area contributed by atoms with E-state index in [2.05, 4.69) is 10.3 Å². The molecule has 18 heavy (non-hydrogen) atoms. The van der Waals surface area contributed by atoms with E-state index in [1.54, 1.807) is 12.3 Å². The number of nitrogens with zero attached hydrogens (tertiary/aromatic N) is 1. The minimum atomic E-state index is -3.25. The number of hydrogen-bond acceptors (Lipinski definition) is 5. The zero-order chi connectivity index (χ0) is 13.2. The Morgan fingerprint density at radius 3 is 2.61 bits per heavy atom. The van der Waals surface area contributed by atoms with Gasteiger partial charge in [0, 0.05) is 6.26 Å². The summed E-state index contributed by atoms with van der Waals surface area (Å²) in [6.07, 6.45) is 4.24. The SMILES string of the molecule is CC(Nc1ccc(S(C)(=O)=O)nc1)c1ccco1. The Bertz CT molecular complexity index is 603. The van der Waals surface area contributed by atoms with Gasteiger partial charge in [-0.2, -0.15) is 0 Å². The Kier molecular flexibility index (Phi) is 3.38. The highest BCUT2D eigenvalue weighted by Gasteiger charge is 2.10. The number of nitrogens with one attached hydrogen (secondary N) is 1. The molecule has 0 aliphatic rings. The first-order valence-electron chi connectivity index (χ1n) is 5.43. The third-order valence-electron chi connectivity index (χ3n) is 2.47. The molecule has 5 nitrogen and oxygen atoms in total. The van der Waals surface area contributed by atoms with Gasteiger partial charge in [0.05, 0.1) is 24.2 Å². The molecule has 0 saturated heterocycles. The van der Waals surface area contributed by atoms with Crippen LogP contribution in [0, 0.1) is 0 Å². The first kappa shape index (κ1) is 12.6. The Morgan fingerprint density at radius 2 is 2.11 bits per heavy atom. The summed E-state index contributed by atoms with van der Waals surface area (Å²) in [4.78, 5) is 3.90. The average molecular weight is 266 g/mol. The fraction of sp³-hybridized carbons (Fsp3) is 0.250. The van der Waals surface area contributed by atoms with Gasteiger partial charge >= 0.3 is 0 Å². The molecular weight excluding hydrogens is 252 g/mol. The Morgan fingerprint density at radius 1 is 1.33 bits per heavy atom. The van der Waals surface area contributed by atoms with Crippen LogP contribution in [0.3, 0.4) is 0 Å². The second-order valence-electron chi connectivity index (χ2n) is 4.04. The largest absolute Gasteiger partial charge is 0.467 e. The molecule has 0 saturated carbocycles. The van der Waals surface area contributed by atoms with Gasteiger partial charge in [0.15, 0.2) is 14.9 Å². The molecule has 2 aromatic rings. The van der Waals surface area contributed by atoms with E-state index in [1.807, 2.05) is 19.1 Å². The molecule has 1 unspecified atom stereocenters. The van der Waals surface area contributed by atoms with Gasteiger partial charge in [-0.3, -0.25) is 0 Å². The van der Waals surface area contributed by atoms with Gasteiger partial charge in [0.25, 0.3) is 0 Å². The highest BCUT2D eigenvalue weighted by molar-refractivity contribution is 7.90. The lowest BCUT2D eigenvalue weighted by Crippen LogP contribution is -2.07. The second kappa shape index (κ2) is 4.81. The molecule has 1 N–H and O–H groups in total. The summed E-state index contributed by atoms with van der Waals surface area (Å²) >= 11 is 0. The number of hydrogen-bond donors (Lipinski definition) is 1. The molecule has 0 radical (unpaired) electrons. The number of sulfone groups is 1. The van der Waals surface area contributed by atoms with Crippen molar-refractivity contribution < 1.29 is 12.8 Å². The quantitative estimate of drug-likeness (QED) is 0.919. The van der Waals surface area contributed by atoms with E-state index in [9.17, 15) is 8.42 Å². The van der Waals surface area contributed by atoms with Crippen LogP contribution in [0.15, 0.2) is 46.2 Å². The van der Waals surface area contributed by atoms with Crippen molar-refractivity contribution in [2.24, 2.45) is 0 Å². The second-order valence-corrected chi connectivity index (χ2v) is 6.00. The third-order valence-corrected chi connectivity index (χ3v) is 3.47. The summed E-state index contributed by atoms with van der Waals surface area (Å²) in [6, 6.07) is 6.84. The molecule has 0 fully saturated rings. The maximum atomic E-state index is 11.3. The first-order valence-corrected chi connectivity index (χ1v) is 7.32. The molecule has 0 amide bonds. The summed E-state index contributed by atoms with van der Waals surface area (Å²) in [5, 5.41) is 3.24. The monoisotopic (exact) mass is 266 g/mol. The van der Waals surface area contributed by atoms with Crippen LogP contribution < -0.4 is 5.32 Å². The van der Waals surface area contributed by atoms with Crippen LogP contribution in [0.1, 0.15) is 18.7 Å². The van der Waals surface area contributed by atoms with Crippen molar-refractivity contribution >= 4 is 15.5 Å². The lowest BCUT2D eigenvalue weighted by molar-refractivity contribution is 0.490. The van der Waals surface area contributed by atoms with Gasteiger partial charge in [0.1, 0.15) is 5.76 Å². The molecule has 1 atom stereocenters. The average Bonchev–Trinajstić information content (AvgIpc) is 2.82. The summed E-state index contributed by atoms with van der Waals surface area (Å²) in [5.74, 6) is 0.808. The van der Waals surface area contributed by atoms with Crippen LogP contribution in [-0.4, -0.2) is 19.7 Å². The van der Waals surface area contributed by atoms with E-state index in [0.717, 1.165) is 17.7 Å². The van der Waals surface area contributed by atoms with Crippen LogP contribution in [0.5, 0.6) is 0 Å². The van der Waals surface area contributed by atoms with Crippen LogP contribution in [0.4, 0.5) is 5.69 Å². The zero-order valence-corrected chi connectivity index (χ0v) is 10.9. The number of anilines is 1. The van der Waals surface area contributed by atoms with Gasteiger partial charge in [-0.1, -0.05) is 0 Å². The van der Waals surface area contributed by atoms with Gasteiger partial charge in [-0.05, 0) is 31.2 Å². The van der Waals surface area contributed by atoms with E-state index >= 15 is 0 Å². The smallest absolute Gasteiger partial charge is 0.192 e. The highest BCUT2D eigenvalue weighted by Crippen LogP contribution is 2.19. The summed E-state index contributed by atoms with van der Waals surface area (Å²) < 4.78 is 27.8. The van der Waals surface area contributed by atoms with Crippen molar-refractivity contribution in [3.05, 3.63) is 42.5 Å². The molecule has 0 aliphatic heterocycles. The molecule has 2 aromatic heterocycles. The zero-order valence-electron chi connectivity index (χ0n) is 10.1. The molecule has 96 valence electrons. The van der Waals surface area contributed by atoms with Gasteiger partial charge < -0.3 is 9.73 Å². The lowest BCUT2D eigenvalue weighted by atomic mass is 10.2. The number of furan rings is 1. The summed E-state index contributed by atoms with van der Waals surface area (Å²) in [7, 11) is -3.25. The Hall–Kier alpha value is -1.82. The van der Waals surface area contributed by atoms with Crippen molar-refractivity contribution in [2.45, 2.75) is 18.0 Å². The lowest BCUT2D eigenvalue weighted by Gasteiger charge is -2.12. The van der Waals surface area contributed by atoms with Crippen molar-refractivity contribution in [1.29, 1.82) is 0 Å². The standard InChI is InChI=1S/C12H14N2O3S/c1-9(11-4-3-7-17-11)14-10-5-6-12(13-8-10)18(2,15)16/h3-9,14H,1-2H3. The fourth-order valence-corrected chi connectivity index (χ4v) is 2.10. The van der Waals surface area contributed by atoms with E-state index in [4.69, 9.17) is 4.42 Å². The molecule has 0 bridgehead atoms. The van der Waals surface area contributed by atoms with Crippen LogP contribution in [0.25, 0.3) is 0 Å². The molecule has 0 aromatic carbocycles. The number of aromatic nitrogens is 1. The van der Waals surface area contributed by atoms with Gasteiger partial charge in [-0.15, -0.1) is 0 Å². The van der Waals surface area contributed by atoms with Gasteiger partial charge in [-0.25, -0.2) is 13.4 Å². The van der Waals surface area contributed by atoms with Crippen molar-refractivity contribution in [2.75, 3.05) is 11.6 Å². The van der Waals surface area contributed by atoms with E-state index in [0.29, 0.717) is 0 Å². The molecule has 0 aliphatic carbocycles. The molecular formula is C12H14N2O3S. The molecule has 2 rings (SSSR count). The highest BCUT2D eigenvalue weighted by atomic mass is 32.2. The van der Waals surface area contributed by atoms with Crippen LogP contribution in [0.2, 0.25) is 0 Å². The van der Waals surface area contributed by atoms with Crippen LogP contribution >= 0.6 is 0 Å². The first-order chi connectivity index (χ1) is 8.47. The Labute approximate surface area is 106 Å².